The molecule has 31 heavy (non-hydrogen) atoms. The van der Waals surface area contributed by atoms with Crippen LogP contribution in [0.3, 0.4) is 0 Å². The lowest BCUT2D eigenvalue weighted by molar-refractivity contribution is 0.492. The summed E-state index contributed by atoms with van der Waals surface area (Å²) in [6, 6.07) is 5.68. The van der Waals surface area contributed by atoms with E-state index in [0.29, 0.717) is 11.3 Å². The van der Waals surface area contributed by atoms with Crippen LogP contribution in [0.25, 0.3) is 22.9 Å². The summed E-state index contributed by atoms with van der Waals surface area (Å²) in [5.41, 5.74) is 6.27. The van der Waals surface area contributed by atoms with Crippen molar-refractivity contribution < 1.29 is 8.83 Å². The van der Waals surface area contributed by atoms with E-state index in [1.54, 1.807) is 31.1 Å². The minimum atomic E-state index is 0.268. The Hall–Kier alpha value is -3.78. The molecule has 0 spiro atoms. The van der Waals surface area contributed by atoms with E-state index in [4.69, 9.17) is 19.7 Å². The second kappa shape index (κ2) is 9.36. The van der Waals surface area contributed by atoms with E-state index >= 15 is 0 Å². The van der Waals surface area contributed by atoms with Crippen molar-refractivity contribution in [3.8, 4) is 11.3 Å². The van der Waals surface area contributed by atoms with E-state index in [-0.39, 0.29) is 5.55 Å². The van der Waals surface area contributed by atoms with E-state index in [1.807, 2.05) is 31.2 Å². The number of aliphatic imine (C=N–C) groups is 1. The molecule has 3 N–H and O–H groups in total. The highest BCUT2D eigenvalue weighted by Gasteiger charge is 2.25. The standard InChI is InChI=1S/C23H24N6O2/c1-3-25-8-6-17-15(2)28-18(22(17)20-5-4-11-30-20)13-16-7-12-31-23(29-24)21(16)19-14-26-9-10-27-19/h4-5,7,9-14,25H,3,6,8,24H2,1-2H3. The highest BCUT2D eigenvalue weighted by molar-refractivity contribution is 6.13. The summed E-state index contributed by atoms with van der Waals surface area (Å²) in [7, 11) is 0. The third-order valence-electron chi connectivity index (χ3n) is 5.01. The van der Waals surface area contributed by atoms with Crippen molar-refractivity contribution in [3.05, 3.63) is 77.5 Å². The van der Waals surface area contributed by atoms with E-state index in [2.05, 4.69) is 27.3 Å². The molecule has 0 aromatic carbocycles. The minimum Gasteiger partial charge on any atom is -0.464 e. The van der Waals surface area contributed by atoms with Gasteiger partial charge in [-0.3, -0.25) is 15.0 Å². The summed E-state index contributed by atoms with van der Waals surface area (Å²) < 4.78 is 11.3. The summed E-state index contributed by atoms with van der Waals surface area (Å²) in [4.78, 5) is 13.4. The number of nitrogens with zero attached hydrogens (tertiary/aromatic N) is 4. The number of allylic oxidation sites excluding steroid dienone is 1. The lowest BCUT2D eigenvalue weighted by Gasteiger charge is -2.09. The third kappa shape index (κ3) is 4.24. The summed E-state index contributed by atoms with van der Waals surface area (Å²) in [6.45, 7) is 5.90. The first-order chi connectivity index (χ1) is 15.2. The van der Waals surface area contributed by atoms with Gasteiger partial charge < -0.3 is 20.0 Å². The Balaban J connectivity index is 1.87. The molecule has 8 heteroatoms. The van der Waals surface area contributed by atoms with Crippen molar-refractivity contribution in [1.29, 1.82) is 0 Å². The predicted octanol–water partition coefficient (Wildman–Crippen LogP) is 3.37. The molecule has 0 aliphatic carbocycles. The number of furan rings is 1. The van der Waals surface area contributed by atoms with Crippen LogP contribution < -0.4 is 16.7 Å². The lowest BCUT2D eigenvalue weighted by Crippen LogP contribution is -2.15. The van der Waals surface area contributed by atoms with Gasteiger partial charge in [0.25, 0.3) is 0 Å². The highest BCUT2D eigenvalue weighted by Crippen LogP contribution is 2.37. The number of hydrogen-bond acceptors (Lipinski definition) is 8. The van der Waals surface area contributed by atoms with Gasteiger partial charge in [0.15, 0.2) is 0 Å². The molecule has 0 saturated carbocycles. The minimum absolute atomic E-state index is 0.268. The molecule has 3 aromatic heterocycles. The van der Waals surface area contributed by atoms with Crippen molar-refractivity contribution >= 4 is 17.4 Å². The maximum absolute atomic E-state index is 5.76. The average Bonchev–Trinajstić information content (AvgIpc) is 3.42. The molecule has 8 nitrogen and oxygen atoms in total. The Morgan fingerprint density at radius 3 is 2.81 bits per heavy atom. The van der Waals surface area contributed by atoms with E-state index in [9.17, 15) is 0 Å². The van der Waals surface area contributed by atoms with Crippen LogP contribution in [0.1, 0.15) is 31.6 Å². The molecule has 0 unspecified atom stereocenters. The van der Waals surface area contributed by atoms with Gasteiger partial charge in [-0.2, -0.15) is 0 Å². The lowest BCUT2D eigenvalue weighted by atomic mass is 9.98. The molecular weight excluding hydrogens is 392 g/mol. The van der Waals surface area contributed by atoms with Gasteiger partial charge in [0.1, 0.15) is 5.76 Å². The predicted molar refractivity (Wildman–Crippen MR) is 119 cm³/mol. The third-order valence-corrected chi connectivity index (χ3v) is 5.01. The van der Waals surface area contributed by atoms with E-state index in [0.717, 1.165) is 53.4 Å². The number of nitrogens with two attached hydrogens (primary N) is 1. The second-order valence-corrected chi connectivity index (χ2v) is 6.94. The van der Waals surface area contributed by atoms with Gasteiger partial charge in [-0.25, -0.2) is 0 Å². The second-order valence-electron chi connectivity index (χ2n) is 6.94. The van der Waals surface area contributed by atoms with Crippen LogP contribution in [0, 0.1) is 0 Å². The summed E-state index contributed by atoms with van der Waals surface area (Å²) in [5, 5.41) is 7.17. The monoisotopic (exact) mass is 416 g/mol. The molecule has 1 aliphatic heterocycles. The SMILES string of the molecule is CCNCCC1=C(c2ccco2)C(=Cc2ccoc(=NN)c2-c2cnccn2)N=C1C. The first kappa shape index (κ1) is 20.5. The zero-order valence-electron chi connectivity index (χ0n) is 17.5. The zero-order valence-corrected chi connectivity index (χ0v) is 17.5. The molecule has 0 atom stereocenters. The normalized spacial score (nSPS) is 15.7. The molecule has 0 radical (unpaired) electrons. The van der Waals surface area contributed by atoms with Crippen molar-refractivity contribution in [2.75, 3.05) is 13.1 Å². The smallest absolute Gasteiger partial charge is 0.245 e. The highest BCUT2D eigenvalue weighted by atomic mass is 16.3. The van der Waals surface area contributed by atoms with E-state index in [1.165, 1.54) is 0 Å². The van der Waals surface area contributed by atoms with Crippen LogP contribution in [0.2, 0.25) is 0 Å². The van der Waals surface area contributed by atoms with Gasteiger partial charge in [-0.15, -0.1) is 5.10 Å². The molecular formula is C23H24N6O2. The number of rotatable bonds is 7. The molecule has 3 aromatic rings. The average molecular weight is 416 g/mol. The maximum atomic E-state index is 5.76. The molecule has 0 bridgehead atoms. The summed E-state index contributed by atoms with van der Waals surface area (Å²) >= 11 is 0. The Labute approximate surface area is 179 Å². The van der Waals surface area contributed by atoms with Crippen molar-refractivity contribution in [2.24, 2.45) is 15.9 Å². The van der Waals surface area contributed by atoms with Crippen molar-refractivity contribution in [1.82, 2.24) is 15.3 Å². The quantitative estimate of drug-likeness (QED) is 0.347. The van der Waals surface area contributed by atoms with Gasteiger partial charge in [-0.05, 0) is 61.8 Å². The molecule has 1 aliphatic rings. The van der Waals surface area contributed by atoms with Gasteiger partial charge in [0.05, 0.1) is 35.7 Å². The van der Waals surface area contributed by atoms with Crippen LogP contribution in [0.4, 0.5) is 0 Å². The fourth-order valence-electron chi connectivity index (χ4n) is 3.62. The summed E-state index contributed by atoms with van der Waals surface area (Å²) in [5.74, 6) is 6.37. The largest absolute Gasteiger partial charge is 0.464 e. The first-order valence-corrected chi connectivity index (χ1v) is 10.1. The van der Waals surface area contributed by atoms with Gasteiger partial charge >= 0.3 is 0 Å². The Bertz CT molecular complexity index is 1200. The fraction of sp³-hybridized carbons (Fsp3) is 0.217. The summed E-state index contributed by atoms with van der Waals surface area (Å²) in [6.07, 6.45) is 10.9. The number of hydrogen-bond donors (Lipinski definition) is 2. The van der Waals surface area contributed by atoms with Crippen LogP contribution in [-0.4, -0.2) is 28.8 Å². The van der Waals surface area contributed by atoms with Gasteiger partial charge in [-0.1, -0.05) is 6.92 Å². The van der Waals surface area contributed by atoms with Gasteiger partial charge in [0, 0.05) is 23.7 Å². The topological polar surface area (TPSA) is 115 Å². The van der Waals surface area contributed by atoms with Crippen LogP contribution in [0.5, 0.6) is 0 Å². The number of aromatic nitrogens is 2. The first-order valence-electron chi connectivity index (χ1n) is 10.1. The number of nitrogens with one attached hydrogen (secondary N) is 1. The molecule has 4 rings (SSSR count). The molecule has 0 amide bonds. The zero-order chi connectivity index (χ0) is 21.6. The van der Waals surface area contributed by atoms with Crippen molar-refractivity contribution in [2.45, 2.75) is 20.3 Å². The van der Waals surface area contributed by atoms with Gasteiger partial charge in [0.2, 0.25) is 5.55 Å². The molecule has 4 heterocycles. The van der Waals surface area contributed by atoms with Crippen LogP contribution in [-0.2, 0) is 0 Å². The molecule has 0 fully saturated rings. The molecule has 158 valence electrons. The Morgan fingerprint density at radius 1 is 1.19 bits per heavy atom. The molecule has 0 saturated heterocycles. The van der Waals surface area contributed by atoms with Crippen LogP contribution >= 0.6 is 0 Å². The van der Waals surface area contributed by atoms with E-state index < -0.39 is 0 Å². The maximum Gasteiger partial charge on any atom is 0.245 e. The Kier molecular flexibility index (Phi) is 6.18. The fourth-order valence-corrected chi connectivity index (χ4v) is 3.62. The Morgan fingerprint density at radius 2 is 2.10 bits per heavy atom. The van der Waals surface area contributed by atoms with Crippen molar-refractivity contribution in [3.63, 3.8) is 0 Å². The van der Waals surface area contributed by atoms with Crippen LogP contribution in [0.15, 0.2) is 79.5 Å².